The number of Topliss-reactive ketones (excluding diaryl/α,β-unsaturated/α-hetero) is 2. The first-order valence-corrected chi connectivity index (χ1v) is 27.8. The highest BCUT2D eigenvalue weighted by Gasteiger charge is 2.40. The number of benzene rings is 1. The Balaban J connectivity index is -0.000000168. The van der Waals surface area contributed by atoms with Gasteiger partial charge in [-0.3, -0.25) is 29.0 Å². The predicted octanol–water partition coefficient (Wildman–Crippen LogP) is 15.6. The molecule has 1 aliphatic carbocycles. The smallest absolute Gasteiger partial charge is 0.259 e. The maximum atomic E-state index is 13.6. The van der Waals surface area contributed by atoms with E-state index in [2.05, 4.69) is 103 Å². The average Bonchev–Trinajstić information content (AvgIpc) is 4.07. The van der Waals surface area contributed by atoms with Gasteiger partial charge in [-0.2, -0.15) is 0 Å². The van der Waals surface area contributed by atoms with Gasteiger partial charge in [0.05, 0.1) is 6.04 Å². The Kier molecular flexibility index (Phi) is 59.1. The molecule has 0 spiro atoms. The van der Waals surface area contributed by atoms with Crippen LogP contribution in [-0.2, 0) is 36.8 Å². The molecule has 426 valence electrons. The zero-order valence-corrected chi connectivity index (χ0v) is 50.6. The molecule has 0 saturated carbocycles. The summed E-state index contributed by atoms with van der Waals surface area (Å²) in [5.74, 6) is 5.48. The summed E-state index contributed by atoms with van der Waals surface area (Å²) >= 11 is 0. The molecule has 0 bridgehead atoms. The van der Waals surface area contributed by atoms with Gasteiger partial charge >= 0.3 is 0 Å². The van der Waals surface area contributed by atoms with E-state index < -0.39 is 6.04 Å². The van der Waals surface area contributed by atoms with Crippen molar-refractivity contribution in [2.75, 3.05) is 13.6 Å². The minimum absolute atomic E-state index is 0. The molecule has 1 saturated heterocycles. The second-order valence-corrected chi connectivity index (χ2v) is 18.0. The summed E-state index contributed by atoms with van der Waals surface area (Å²) in [6, 6.07) is 7.28. The van der Waals surface area contributed by atoms with E-state index in [1.54, 1.807) is 20.8 Å². The lowest BCUT2D eigenvalue weighted by Crippen LogP contribution is -2.53. The molecular formula is C63H119N5O5. The van der Waals surface area contributed by atoms with E-state index in [0.29, 0.717) is 18.5 Å². The fourth-order valence-electron chi connectivity index (χ4n) is 7.06. The molecule has 10 heteroatoms. The minimum Gasteiger partial charge on any atom is -0.377 e. The first-order valence-electron chi connectivity index (χ1n) is 27.8. The molecule has 5 atom stereocenters. The summed E-state index contributed by atoms with van der Waals surface area (Å²) in [6.07, 6.45) is 18.6. The lowest BCUT2D eigenvalue weighted by atomic mass is 9.85. The van der Waals surface area contributed by atoms with Gasteiger partial charge in [0.15, 0.2) is 11.6 Å². The Hall–Kier alpha value is -4.57. The molecule has 3 amide bonds. The quantitative estimate of drug-likeness (QED) is 0.0388. The van der Waals surface area contributed by atoms with Gasteiger partial charge < -0.3 is 15.5 Å². The molecule has 2 aliphatic rings. The Morgan fingerprint density at radius 2 is 1.33 bits per heavy atom. The van der Waals surface area contributed by atoms with E-state index in [9.17, 15) is 24.0 Å². The van der Waals surface area contributed by atoms with Gasteiger partial charge in [-0.05, 0) is 100 Å². The van der Waals surface area contributed by atoms with Crippen LogP contribution in [0.5, 0.6) is 0 Å². The molecule has 1 aliphatic heterocycles. The number of carbonyl (C=O) groups is 5. The maximum Gasteiger partial charge on any atom is 0.259 e. The zero-order chi connectivity index (χ0) is 57.6. The molecule has 1 aromatic carbocycles. The van der Waals surface area contributed by atoms with Crippen LogP contribution in [0, 0.1) is 23.2 Å². The van der Waals surface area contributed by atoms with Gasteiger partial charge in [0, 0.05) is 37.5 Å². The highest BCUT2D eigenvalue weighted by atomic mass is 16.2. The van der Waals surface area contributed by atoms with Crippen LogP contribution in [0.1, 0.15) is 221 Å². The number of allylic oxidation sites excluding steroid dienone is 5. The van der Waals surface area contributed by atoms with Crippen LogP contribution in [0.25, 0.3) is 0 Å². The van der Waals surface area contributed by atoms with Crippen LogP contribution in [0.2, 0.25) is 0 Å². The van der Waals surface area contributed by atoms with Crippen LogP contribution < -0.4 is 16.5 Å². The first-order chi connectivity index (χ1) is 34.1. The number of nitrogens with zero attached hydrogens (tertiary/aromatic N) is 2. The van der Waals surface area contributed by atoms with Crippen LogP contribution in [0.15, 0.2) is 86.2 Å². The van der Waals surface area contributed by atoms with Crippen molar-refractivity contribution >= 4 is 29.3 Å². The number of hydrogen-bond donors (Lipinski definition) is 3. The van der Waals surface area contributed by atoms with Crippen molar-refractivity contribution in [3.05, 3.63) is 97.3 Å². The van der Waals surface area contributed by atoms with Gasteiger partial charge in [-0.15, -0.1) is 13.2 Å². The number of rotatable bonds is 20. The highest BCUT2D eigenvalue weighted by Crippen LogP contribution is 2.33. The van der Waals surface area contributed by atoms with Crippen molar-refractivity contribution < 1.29 is 24.0 Å². The van der Waals surface area contributed by atoms with E-state index >= 15 is 0 Å². The lowest BCUT2D eigenvalue weighted by Gasteiger charge is -2.33. The standard InChI is InChI=1S/C25H36N2O2.C11H21N3O2.C10H16O.C4H10.C4H8.4C2H6.CH4/c1-6-25(4,5)16-17(2)26-23(21-14-19-10-7-8-11-20(19)15-21)24(29)27-13-9-12-22(27)18(3)28;1-5-7-8(3)10(11(16)14(4)12)13-9(15)6-2;1-5-6-7-9(4)10(11)8(2)3;2*1-3-4-2;4*1-2;/h7-8,10-11,21-23,26H,2,6,9,12-16H2,1,3-5H3;5,7-8,10H,6,12H2,1-4H3,(H,13,15);5,9H,1-2,6-7H2,3-4H3;3-4H2,1-2H3;3H,1,4H2,2H3;4*1-2H3;1H4/b;7-5-;;;;;;;;. The molecule has 73 heavy (non-hydrogen) atoms. The minimum atomic E-state index is -0.598. The molecule has 3 rings (SSSR count). The maximum absolute atomic E-state index is 13.6. The summed E-state index contributed by atoms with van der Waals surface area (Å²) in [5.41, 5.74) is 4.39. The number of ketones is 2. The third-order valence-electron chi connectivity index (χ3n) is 11.6. The number of hydrogen-bond acceptors (Lipinski definition) is 7. The van der Waals surface area contributed by atoms with Gasteiger partial charge in [-0.25, -0.2) is 5.84 Å². The molecule has 5 unspecified atom stereocenters. The van der Waals surface area contributed by atoms with Crippen LogP contribution in [-0.4, -0.2) is 70.9 Å². The molecule has 1 heterocycles. The third kappa shape index (κ3) is 37.8. The number of likely N-dealkylation sites (N-methyl/N-ethyl adjacent to an activating group) is 1. The van der Waals surface area contributed by atoms with Gasteiger partial charge in [-0.1, -0.05) is 206 Å². The van der Waals surface area contributed by atoms with E-state index in [1.165, 1.54) is 31.0 Å². The summed E-state index contributed by atoms with van der Waals surface area (Å²) in [7, 11) is 1.47. The molecule has 0 aromatic heterocycles. The summed E-state index contributed by atoms with van der Waals surface area (Å²) in [4.78, 5) is 61.8. The number of likely N-dealkylation sites (tertiary alicyclic amines) is 1. The molecule has 10 nitrogen and oxygen atoms in total. The van der Waals surface area contributed by atoms with Crippen molar-refractivity contribution in [3.63, 3.8) is 0 Å². The third-order valence-corrected chi connectivity index (χ3v) is 11.6. The van der Waals surface area contributed by atoms with Crippen molar-refractivity contribution in [2.45, 2.75) is 241 Å². The molecule has 0 radical (unpaired) electrons. The van der Waals surface area contributed by atoms with E-state index in [4.69, 9.17) is 5.84 Å². The van der Waals surface area contributed by atoms with Crippen molar-refractivity contribution in [1.29, 1.82) is 0 Å². The van der Waals surface area contributed by atoms with Crippen LogP contribution in [0.4, 0.5) is 0 Å². The van der Waals surface area contributed by atoms with Gasteiger partial charge in [0.2, 0.25) is 11.8 Å². The van der Waals surface area contributed by atoms with E-state index in [1.807, 2.05) is 105 Å². The average molecular weight is 1030 g/mol. The summed E-state index contributed by atoms with van der Waals surface area (Å²) in [6.45, 7) is 55.5. The molecular weight excluding hydrogens is 907 g/mol. The predicted molar refractivity (Wildman–Crippen MR) is 322 cm³/mol. The number of nitrogens with two attached hydrogens (primary N) is 1. The Bertz CT molecular complexity index is 1620. The topological polar surface area (TPSA) is 142 Å². The number of unbranched alkanes of at least 4 members (excludes halogenated alkanes) is 1. The first kappa shape index (κ1) is 82.5. The van der Waals surface area contributed by atoms with Crippen molar-refractivity contribution in [2.24, 2.45) is 29.0 Å². The fraction of sp³-hybridized carbons (Fsp3) is 0.667. The van der Waals surface area contributed by atoms with E-state index in [0.717, 1.165) is 68.5 Å². The van der Waals surface area contributed by atoms with E-state index in [-0.39, 0.29) is 72.0 Å². The molecule has 4 N–H and O–H groups in total. The summed E-state index contributed by atoms with van der Waals surface area (Å²) < 4.78 is 0. The Morgan fingerprint density at radius 1 is 0.849 bits per heavy atom. The Labute approximate surface area is 453 Å². The normalized spacial score (nSPS) is 14.2. The summed E-state index contributed by atoms with van der Waals surface area (Å²) in [5, 5.41) is 7.19. The van der Waals surface area contributed by atoms with Crippen LogP contribution in [0.3, 0.4) is 0 Å². The number of hydrazine groups is 1. The monoisotopic (exact) mass is 1030 g/mol. The van der Waals surface area contributed by atoms with Gasteiger partial charge in [0.1, 0.15) is 12.1 Å². The zero-order valence-electron chi connectivity index (χ0n) is 50.6. The highest BCUT2D eigenvalue weighted by molar-refractivity contribution is 5.95. The fourth-order valence-corrected chi connectivity index (χ4v) is 7.06. The largest absolute Gasteiger partial charge is 0.377 e. The number of fused-ring (bicyclic) bond motifs is 1. The molecule has 1 aromatic rings. The van der Waals surface area contributed by atoms with Crippen molar-refractivity contribution in [1.82, 2.24) is 20.5 Å². The van der Waals surface area contributed by atoms with Crippen molar-refractivity contribution in [3.8, 4) is 0 Å². The SMILES string of the molecule is C.C/C=C\C(C)C(NC(=O)CC)C(=O)N(C)N.C=C(CC(C)(C)CC)NC(C(=O)N1CCCC1C(C)=O)C1Cc2ccccc2C1.C=CCC.C=CCCC(C)C(=O)C(=C)C.CC.CC.CC.CC.CCCC. The Morgan fingerprint density at radius 3 is 1.68 bits per heavy atom. The number of carbonyl (C=O) groups excluding carboxylic acids is 5. The lowest BCUT2D eigenvalue weighted by molar-refractivity contribution is -0.139. The number of amides is 3. The second kappa shape index (κ2) is 52.3. The van der Waals surface area contributed by atoms with Gasteiger partial charge in [0.25, 0.3) is 5.91 Å². The number of nitrogens with one attached hydrogen (secondary N) is 2. The molecule has 1 fully saturated rings. The van der Waals surface area contributed by atoms with Crippen LogP contribution >= 0.6 is 0 Å². The second-order valence-electron chi connectivity index (χ2n) is 18.0.